The summed E-state index contributed by atoms with van der Waals surface area (Å²) in [7, 11) is 0. The summed E-state index contributed by atoms with van der Waals surface area (Å²) in [6.45, 7) is 0. The summed E-state index contributed by atoms with van der Waals surface area (Å²) in [6.07, 6.45) is 4.20. The van der Waals surface area contributed by atoms with Crippen molar-refractivity contribution >= 4 is 38.0 Å². The van der Waals surface area contributed by atoms with Gasteiger partial charge in [-0.2, -0.15) is 0 Å². The second-order valence-electron chi connectivity index (χ2n) is 1.90. The lowest BCUT2D eigenvalue weighted by Crippen LogP contribution is -2.33. The van der Waals surface area contributed by atoms with E-state index in [0.29, 0.717) is 4.61 Å². The van der Waals surface area contributed by atoms with Crippen molar-refractivity contribution in [3.63, 3.8) is 0 Å². The summed E-state index contributed by atoms with van der Waals surface area (Å²) in [5, 5.41) is 8.67. The Morgan fingerprint density at radius 2 is 2.36 bits per heavy atom. The van der Waals surface area contributed by atoms with Crippen molar-refractivity contribution in [3.8, 4) is 0 Å². The average Bonchev–Trinajstić information content (AvgIpc) is 1.85. The van der Waals surface area contributed by atoms with E-state index in [0.717, 1.165) is 0 Å². The molecule has 1 aliphatic rings. The van der Waals surface area contributed by atoms with Gasteiger partial charge in [-0.05, 0) is 22.0 Å². The first-order valence-electron chi connectivity index (χ1n) is 2.83. The molecular formula is C6H5Br2NO2. The predicted molar refractivity (Wildman–Crippen MR) is 48.7 cm³/mol. The zero-order valence-corrected chi connectivity index (χ0v) is 8.54. The van der Waals surface area contributed by atoms with Crippen molar-refractivity contribution in [3.05, 3.63) is 22.8 Å². The molecule has 0 aromatic carbocycles. The number of hydrogen-bond donors (Lipinski definition) is 1. The van der Waals surface area contributed by atoms with Crippen LogP contribution in [0, 0.1) is 0 Å². The maximum Gasteiger partial charge on any atom is 0.413 e. The molecular weight excluding hydrogens is 278 g/mol. The van der Waals surface area contributed by atoms with Gasteiger partial charge >= 0.3 is 6.09 Å². The Kier molecular flexibility index (Phi) is 2.72. The van der Waals surface area contributed by atoms with Gasteiger partial charge < -0.3 is 5.11 Å². The van der Waals surface area contributed by atoms with E-state index in [1.165, 1.54) is 4.90 Å². The van der Waals surface area contributed by atoms with E-state index in [9.17, 15) is 4.79 Å². The molecule has 1 heterocycles. The van der Waals surface area contributed by atoms with Crippen molar-refractivity contribution in [2.75, 3.05) is 0 Å². The van der Waals surface area contributed by atoms with E-state index in [4.69, 9.17) is 5.11 Å². The highest BCUT2D eigenvalue weighted by Gasteiger charge is 2.22. The van der Waals surface area contributed by atoms with E-state index >= 15 is 0 Å². The van der Waals surface area contributed by atoms with Crippen LogP contribution >= 0.6 is 31.9 Å². The van der Waals surface area contributed by atoms with Crippen molar-refractivity contribution in [2.45, 2.75) is 4.95 Å². The lowest BCUT2D eigenvalue weighted by atomic mass is 10.4. The first-order chi connectivity index (χ1) is 5.13. The molecule has 0 radical (unpaired) electrons. The van der Waals surface area contributed by atoms with E-state index in [1.54, 1.807) is 18.2 Å². The predicted octanol–water partition coefficient (Wildman–Crippen LogP) is 2.49. The van der Waals surface area contributed by atoms with E-state index in [1.807, 2.05) is 0 Å². The third-order valence-corrected chi connectivity index (χ3v) is 2.55. The maximum atomic E-state index is 10.6. The Balaban J connectivity index is 2.86. The number of nitrogens with zero attached hydrogens (tertiary/aromatic N) is 1. The van der Waals surface area contributed by atoms with Crippen LogP contribution in [0.25, 0.3) is 0 Å². The molecule has 11 heavy (non-hydrogen) atoms. The molecule has 0 fully saturated rings. The van der Waals surface area contributed by atoms with Gasteiger partial charge in [0, 0.05) is 0 Å². The van der Waals surface area contributed by atoms with Gasteiger partial charge in [0.15, 0.2) is 0 Å². The maximum absolute atomic E-state index is 10.6. The van der Waals surface area contributed by atoms with Crippen molar-refractivity contribution in [1.82, 2.24) is 4.90 Å². The second-order valence-corrected chi connectivity index (χ2v) is 3.65. The topological polar surface area (TPSA) is 40.5 Å². The molecule has 5 heteroatoms. The average molecular weight is 283 g/mol. The lowest BCUT2D eigenvalue weighted by Gasteiger charge is -2.23. The molecule has 0 saturated carbocycles. The highest BCUT2D eigenvalue weighted by molar-refractivity contribution is 9.12. The molecule has 0 spiro atoms. The summed E-state index contributed by atoms with van der Waals surface area (Å²) in [5.74, 6) is 0. The minimum Gasteiger partial charge on any atom is -0.465 e. The van der Waals surface area contributed by atoms with Crippen LogP contribution in [0.1, 0.15) is 0 Å². The lowest BCUT2D eigenvalue weighted by molar-refractivity contribution is 0.163. The van der Waals surface area contributed by atoms with Gasteiger partial charge in [-0.25, -0.2) is 4.79 Å². The first kappa shape index (κ1) is 8.80. The van der Waals surface area contributed by atoms with Gasteiger partial charge in [0.1, 0.15) is 4.95 Å². The summed E-state index contributed by atoms with van der Waals surface area (Å²) in [5.41, 5.74) is 0. The number of rotatable bonds is 0. The first-order valence-corrected chi connectivity index (χ1v) is 4.54. The van der Waals surface area contributed by atoms with Gasteiger partial charge in [-0.1, -0.05) is 28.1 Å². The SMILES string of the molecule is O=C(O)N1C(Br)=CC=CC1Br. The zero-order valence-electron chi connectivity index (χ0n) is 5.37. The largest absolute Gasteiger partial charge is 0.465 e. The standard InChI is InChI=1S/C6H5Br2NO2/c7-4-2-1-3-5(8)9(4)6(10)11/h1-4H,(H,10,11). The van der Waals surface area contributed by atoms with Crippen LogP contribution in [0.3, 0.4) is 0 Å². The van der Waals surface area contributed by atoms with Crippen LogP contribution in [-0.2, 0) is 0 Å². The Morgan fingerprint density at radius 3 is 2.73 bits per heavy atom. The third-order valence-electron chi connectivity index (χ3n) is 1.19. The Labute approximate surface area is 80.6 Å². The number of carboxylic acid groups (broad SMARTS) is 1. The Morgan fingerprint density at radius 1 is 1.73 bits per heavy atom. The van der Waals surface area contributed by atoms with E-state index < -0.39 is 6.09 Å². The van der Waals surface area contributed by atoms with Gasteiger partial charge in [0.05, 0.1) is 4.61 Å². The van der Waals surface area contributed by atoms with Crippen LogP contribution in [-0.4, -0.2) is 21.1 Å². The van der Waals surface area contributed by atoms with Gasteiger partial charge in [0.25, 0.3) is 0 Å². The molecule has 60 valence electrons. The summed E-state index contributed by atoms with van der Waals surface area (Å²) < 4.78 is 0.536. The molecule has 1 unspecified atom stereocenters. The molecule has 1 atom stereocenters. The Bertz CT molecular complexity index is 237. The second kappa shape index (κ2) is 3.40. The van der Waals surface area contributed by atoms with E-state index in [-0.39, 0.29) is 4.95 Å². The van der Waals surface area contributed by atoms with Gasteiger partial charge in [0.2, 0.25) is 0 Å². The third kappa shape index (κ3) is 1.84. The molecule has 1 aliphatic heterocycles. The van der Waals surface area contributed by atoms with Gasteiger partial charge in [-0.3, -0.25) is 4.90 Å². The molecule has 0 aliphatic carbocycles. The van der Waals surface area contributed by atoms with Crippen LogP contribution < -0.4 is 0 Å². The molecule has 1 N–H and O–H groups in total. The minimum atomic E-state index is -0.987. The summed E-state index contributed by atoms with van der Waals surface area (Å²) in [4.78, 5) is 11.5. The number of amides is 1. The van der Waals surface area contributed by atoms with Crippen molar-refractivity contribution < 1.29 is 9.90 Å². The smallest absolute Gasteiger partial charge is 0.413 e. The fourth-order valence-electron chi connectivity index (χ4n) is 0.708. The van der Waals surface area contributed by atoms with Crippen LogP contribution in [0.5, 0.6) is 0 Å². The fourth-order valence-corrected chi connectivity index (χ4v) is 2.08. The molecule has 0 aromatic heterocycles. The van der Waals surface area contributed by atoms with Crippen molar-refractivity contribution in [1.29, 1.82) is 0 Å². The van der Waals surface area contributed by atoms with Crippen molar-refractivity contribution in [2.24, 2.45) is 0 Å². The monoisotopic (exact) mass is 281 g/mol. The summed E-state index contributed by atoms with van der Waals surface area (Å²) in [6, 6.07) is 0. The highest BCUT2D eigenvalue weighted by atomic mass is 79.9. The number of hydrogen-bond acceptors (Lipinski definition) is 1. The molecule has 1 amide bonds. The molecule has 1 rings (SSSR count). The molecule has 0 aromatic rings. The molecule has 0 bridgehead atoms. The molecule has 0 saturated heterocycles. The molecule has 3 nitrogen and oxygen atoms in total. The number of alkyl halides is 1. The zero-order chi connectivity index (χ0) is 8.43. The number of allylic oxidation sites excluding steroid dienone is 2. The van der Waals surface area contributed by atoms with Crippen LogP contribution in [0.2, 0.25) is 0 Å². The summed E-state index contributed by atoms with van der Waals surface area (Å²) >= 11 is 6.30. The minimum absolute atomic E-state index is 0.278. The quantitative estimate of drug-likeness (QED) is 0.548. The number of halogens is 2. The Hall–Kier alpha value is -0.290. The van der Waals surface area contributed by atoms with Gasteiger partial charge in [-0.15, -0.1) is 0 Å². The van der Waals surface area contributed by atoms with Crippen LogP contribution in [0.4, 0.5) is 4.79 Å². The fraction of sp³-hybridized carbons (Fsp3) is 0.167. The number of carbonyl (C=O) groups is 1. The highest BCUT2D eigenvalue weighted by Crippen LogP contribution is 2.24. The normalized spacial score (nSPS) is 23.3. The van der Waals surface area contributed by atoms with E-state index in [2.05, 4.69) is 31.9 Å². The van der Waals surface area contributed by atoms with Crippen LogP contribution in [0.15, 0.2) is 22.8 Å².